The topological polar surface area (TPSA) is 43.4 Å². The van der Waals surface area contributed by atoms with Gasteiger partial charge < -0.3 is 4.74 Å². The molecule has 0 radical (unpaired) electrons. The van der Waals surface area contributed by atoms with Crippen molar-refractivity contribution in [3.05, 3.63) is 76.1 Å². The van der Waals surface area contributed by atoms with E-state index in [1.807, 2.05) is 32.9 Å². The highest BCUT2D eigenvalue weighted by molar-refractivity contribution is 6.00. The molecule has 0 saturated heterocycles. The van der Waals surface area contributed by atoms with Gasteiger partial charge in [-0.15, -0.1) is 0 Å². The van der Waals surface area contributed by atoms with E-state index in [1.165, 1.54) is 24.3 Å². The maximum absolute atomic E-state index is 12.8. The molecule has 0 N–H and O–H groups in total. The van der Waals surface area contributed by atoms with Crippen molar-refractivity contribution in [1.29, 1.82) is 0 Å². The lowest BCUT2D eigenvalue weighted by Crippen LogP contribution is -2.14. The number of rotatable bonds is 5. The minimum absolute atomic E-state index is 0.237. The van der Waals surface area contributed by atoms with Crippen LogP contribution in [0.2, 0.25) is 0 Å². The number of halogens is 1. The van der Waals surface area contributed by atoms with E-state index in [4.69, 9.17) is 4.74 Å². The summed E-state index contributed by atoms with van der Waals surface area (Å²) in [6, 6.07) is 9.45. The largest absolute Gasteiger partial charge is 0.454 e. The van der Waals surface area contributed by atoms with Gasteiger partial charge in [0.1, 0.15) is 5.82 Å². The first kappa shape index (κ1) is 17.6. The van der Waals surface area contributed by atoms with Crippen molar-refractivity contribution < 1.29 is 18.7 Å². The third kappa shape index (κ3) is 4.62. The number of hydrogen-bond donors (Lipinski definition) is 0. The van der Waals surface area contributed by atoms with Crippen molar-refractivity contribution in [2.24, 2.45) is 0 Å². The summed E-state index contributed by atoms with van der Waals surface area (Å²) in [6.45, 7) is 5.46. The van der Waals surface area contributed by atoms with Gasteiger partial charge in [-0.2, -0.15) is 0 Å². The molecule has 0 amide bonds. The minimum Gasteiger partial charge on any atom is -0.454 e. The Morgan fingerprint density at radius 2 is 1.62 bits per heavy atom. The van der Waals surface area contributed by atoms with E-state index in [1.54, 1.807) is 12.1 Å². The number of benzene rings is 2. The lowest BCUT2D eigenvalue weighted by Gasteiger charge is -2.09. The average Bonchev–Trinajstić information content (AvgIpc) is 2.55. The highest BCUT2D eigenvalue weighted by Gasteiger charge is 2.12. The second-order valence-corrected chi connectivity index (χ2v) is 5.67. The Morgan fingerprint density at radius 3 is 2.29 bits per heavy atom. The van der Waals surface area contributed by atoms with Gasteiger partial charge in [0.05, 0.1) is 0 Å². The van der Waals surface area contributed by atoms with Crippen LogP contribution < -0.4 is 0 Å². The number of Topliss-reactive ketones (excluding diaryl/α,β-unsaturated/α-hetero) is 1. The van der Waals surface area contributed by atoms with E-state index in [0.717, 1.165) is 16.7 Å². The van der Waals surface area contributed by atoms with Gasteiger partial charge in [-0.05, 0) is 67.3 Å². The maximum atomic E-state index is 12.8. The van der Waals surface area contributed by atoms with Crippen LogP contribution in [0.3, 0.4) is 0 Å². The second-order valence-electron chi connectivity index (χ2n) is 5.67. The minimum atomic E-state index is -0.617. The Hall–Kier alpha value is -2.75. The first-order chi connectivity index (χ1) is 11.4. The van der Waals surface area contributed by atoms with E-state index in [2.05, 4.69) is 0 Å². The molecule has 124 valence electrons. The summed E-state index contributed by atoms with van der Waals surface area (Å²) in [5, 5.41) is 0. The fraction of sp³-hybridized carbons (Fsp3) is 0.200. The number of aryl methyl sites for hydroxylation is 3. The third-order valence-electron chi connectivity index (χ3n) is 3.77. The highest BCUT2D eigenvalue weighted by Crippen LogP contribution is 2.16. The Labute approximate surface area is 140 Å². The Kier molecular flexibility index (Phi) is 5.64. The van der Waals surface area contributed by atoms with Crippen LogP contribution >= 0.6 is 0 Å². The normalized spacial score (nSPS) is 10.8. The maximum Gasteiger partial charge on any atom is 0.331 e. The predicted molar refractivity (Wildman–Crippen MR) is 91.4 cm³/mol. The number of esters is 1. The molecule has 0 atom stereocenters. The summed E-state index contributed by atoms with van der Waals surface area (Å²) in [5.41, 5.74) is 4.23. The molecule has 0 fully saturated rings. The molecule has 0 aliphatic carbocycles. The standard InChI is InChI=1S/C20H19FO3/c1-13-10-15(3)18(11-14(13)2)19(22)12-24-20(23)9-6-16-4-7-17(21)8-5-16/h4-11H,12H2,1-3H3/b9-6+. The van der Waals surface area contributed by atoms with Gasteiger partial charge in [-0.3, -0.25) is 4.79 Å². The molecule has 4 heteroatoms. The van der Waals surface area contributed by atoms with Crippen molar-refractivity contribution in [3.63, 3.8) is 0 Å². The number of ketones is 1. The van der Waals surface area contributed by atoms with E-state index < -0.39 is 5.97 Å². The van der Waals surface area contributed by atoms with E-state index >= 15 is 0 Å². The smallest absolute Gasteiger partial charge is 0.331 e. The van der Waals surface area contributed by atoms with Crippen LogP contribution in [-0.4, -0.2) is 18.4 Å². The van der Waals surface area contributed by atoms with Gasteiger partial charge in [0.2, 0.25) is 5.78 Å². The zero-order valence-corrected chi connectivity index (χ0v) is 13.9. The van der Waals surface area contributed by atoms with Crippen molar-refractivity contribution in [3.8, 4) is 0 Å². The molecule has 0 heterocycles. The molecule has 2 rings (SSSR count). The van der Waals surface area contributed by atoms with Crippen molar-refractivity contribution in [2.45, 2.75) is 20.8 Å². The number of carbonyl (C=O) groups is 2. The van der Waals surface area contributed by atoms with E-state index in [-0.39, 0.29) is 18.2 Å². The molecular formula is C20H19FO3. The Morgan fingerprint density at radius 1 is 1.00 bits per heavy atom. The van der Waals surface area contributed by atoms with Crippen LogP contribution in [0.1, 0.15) is 32.6 Å². The molecule has 24 heavy (non-hydrogen) atoms. The molecular weight excluding hydrogens is 307 g/mol. The fourth-order valence-corrected chi connectivity index (χ4v) is 2.26. The summed E-state index contributed by atoms with van der Waals surface area (Å²) in [4.78, 5) is 23.9. The molecule has 0 saturated carbocycles. The van der Waals surface area contributed by atoms with Gasteiger partial charge in [0.15, 0.2) is 6.61 Å². The van der Waals surface area contributed by atoms with Gasteiger partial charge in [-0.1, -0.05) is 18.2 Å². The highest BCUT2D eigenvalue weighted by atomic mass is 19.1. The van der Waals surface area contributed by atoms with Crippen LogP contribution in [0.5, 0.6) is 0 Å². The molecule has 0 spiro atoms. The van der Waals surface area contributed by atoms with Crippen LogP contribution in [-0.2, 0) is 9.53 Å². The molecule has 3 nitrogen and oxygen atoms in total. The molecule has 0 aromatic heterocycles. The molecule has 0 aliphatic rings. The monoisotopic (exact) mass is 326 g/mol. The first-order valence-corrected chi connectivity index (χ1v) is 7.58. The summed E-state index contributed by atoms with van der Waals surface area (Å²) in [7, 11) is 0. The quantitative estimate of drug-likeness (QED) is 0.470. The zero-order chi connectivity index (χ0) is 17.7. The Bertz CT molecular complexity index is 789. The first-order valence-electron chi connectivity index (χ1n) is 7.58. The van der Waals surface area contributed by atoms with Crippen LogP contribution in [0.25, 0.3) is 6.08 Å². The molecule has 2 aromatic carbocycles. The van der Waals surface area contributed by atoms with Crippen molar-refractivity contribution in [2.75, 3.05) is 6.61 Å². The SMILES string of the molecule is Cc1cc(C)c(C(=O)COC(=O)/C=C/c2ccc(F)cc2)cc1C. The lowest BCUT2D eigenvalue weighted by molar-refractivity contribution is -0.136. The van der Waals surface area contributed by atoms with Crippen LogP contribution in [0.4, 0.5) is 4.39 Å². The zero-order valence-electron chi connectivity index (χ0n) is 13.9. The summed E-state index contributed by atoms with van der Waals surface area (Å²) in [6.07, 6.45) is 2.72. The van der Waals surface area contributed by atoms with Crippen molar-refractivity contribution >= 4 is 17.8 Å². The second kappa shape index (κ2) is 7.68. The number of ether oxygens (including phenoxy) is 1. The lowest BCUT2D eigenvalue weighted by atomic mass is 9.98. The summed E-state index contributed by atoms with van der Waals surface area (Å²) >= 11 is 0. The van der Waals surface area contributed by atoms with Crippen molar-refractivity contribution in [1.82, 2.24) is 0 Å². The van der Waals surface area contributed by atoms with E-state index in [9.17, 15) is 14.0 Å². The van der Waals surface area contributed by atoms with Crippen LogP contribution in [0.15, 0.2) is 42.5 Å². The summed E-state index contributed by atoms with van der Waals surface area (Å²) in [5.74, 6) is -1.20. The van der Waals surface area contributed by atoms with Gasteiger partial charge >= 0.3 is 5.97 Å². The van der Waals surface area contributed by atoms with Gasteiger partial charge in [0.25, 0.3) is 0 Å². The van der Waals surface area contributed by atoms with E-state index in [0.29, 0.717) is 11.1 Å². The van der Waals surface area contributed by atoms with Gasteiger partial charge in [0, 0.05) is 11.6 Å². The summed E-state index contributed by atoms with van der Waals surface area (Å²) < 4.78 is 17.8. The predicted octanol–water partition coefficient (Wildman–Crippen LogP) is 4.19. The molecule has 2 aromatic rings. The number of hydrogen-bond acceptors (Lipinski definition) is 3. The molecule has 0 aliphatic heterocycles. The number of carbonyl (C=O) groups excluding carboxylic acids is 2. The average molecular weight is 326 g/mol. The van der Waals surface area contributed by atoms with Gasteiger partial charge in [-0.25, -0.2) is 9.18 Å². The third-order valence-corrected chi connectivity index (χ3v) is 3.77. The fourth-order valence-electron chi connectivity index (χ4n) is 2.26. The molecule has 0 unspecified atom stereocenters. The van der Waals surface area contributed by atoms with Crippen LogP contribution in [0, 0.1) is 26.6 Å². The molecule has 0 bridgehead atoms. The Balaban J connectivity index is 1.95.